The van der Waals surface area contributed by atoms with Crippen LogP contribution in [-0.4, -0.2) is 60.9 Å². The first kappa shape index (κ1) is 17.4. The van der Waals surface area contributed by atoms with Gasteiger partial charge in [-0.2, -0.15) is 0 Å². The van der Waals surface area contributed by atoms with Crippen molar-refractivity contribution in [3.8, 4) is 0 Å². The van der Waals surface area contributed by atoms with Gasteiger partial charge in [0.2, 0.25) is 15.9 Å². The standard InChI is InChI=1S/C17H25N3O3S/c1-19(24(2,22)23)16-9-13-6-8-20(12-14(13)10-16)17(21)11-15-5-3-4-7-18-15/h3-5,7,13-14,16H,6,8-12H2,1-2H3/t13-,14-,16+/m1/s1. The van der Waals surface area contributed by atoms with E-state index in [-0.39, 0.29) is 11.9 Å². The zero-order valence-corrected chi connectivity index (χ0v) is 15.1. The van der Waals surface area contributed by atoms with E-state index in [1.54, 1.807) is 13.2 Å². The first-order valence-corrected chi connectivity index (χ1v) is 10.3. The fourth-order valence-corrected chi connectivity index (χ4v) is 4.73. The summed E-state index contributed by atoms with van der Waals surface area (Å²) in [5.74, 6) is 1.05. The Bertz CT molecular complexity index is 692. The van der Waals surface area contributed by atoms with E-state index in [9.17, 15) is 13.2 Å². The van der Waals surface area contributed by atoms with Gasteiger partial charge < -0.3 is 4.90 Å². The molecule has 1 aromatic heterocycles. The number of hydrogen-bond acceptors (Lipinski definition) is 4. The highest BCUT2D eigenvalue weighted by molar-refractivity contribution is 7.88. The zero-order valence-electron chi connectivity index (χ0n) is 14.3. The molecule has 1 aromatic rings. The fourth-order valence-electron chi connectivity index (χ4n) is 4.02. The van der Waals surface area contributed by atoms with Crippen molar-refractivity contribution < 1.29 is 13.2 Å². The third-order valence-electron chi connectivity index (χ3n) is 5.49. The molecule has 1 aliphatic carbocycles. The molecule has 0 aromatic carbocycles. The minimum absolute atomic E-state index is 0.0702. The summed E-state index contributed by atoms with van der Waals surface area (Å²) < 4.78 is 25.0. The number of fused-ring (bicyclic) bond motifs is 1. The van der Waals surface area contributed by atoms with Crippen molar-refractivity contribution in [3.63, 3.8) is 0 Å². The lowest BCUT2D eigenvalue weighted by Gasteiger charge is -2.35. The van der Waals surface area contributed by atoms with Crippen LogP contribution in [0, 0.1) is 11.8 Å². The molecule has 1 saturated carbocycles. The number of amides is 1. The van der Waals surface area contributed by atoms with Gasteiger partial charge in [0.25, 0.3) is 0 Å². The zero-order chi connectivity index (χ0) is 17.3. The molecule has 2 aliphatic rings. The number of piperidine rings is 1. The molecule has 0 spiro atoms. The van der Waals surface area contributed by atoms with Gasteiger partial charge in [0.1, 0.15) is 0 Å². The summed E-state index contributed by atoms with van der Waals surface area (Å²) >= 11 is 0. The molecule has 132 valence electrons. The van der Waals surface area contributed by atoms with Crippen molar-refractivity contribution in [2.24, 2.45) is 11.8 Å². The number of hydrogen-bond donors (Lipinski definition) is 0. The van der Waals surface area contributed by atoms with Gasteiger partial charge in [-0.15, -0.1) is 0 Å². The van der Waals surface area contributed by atoms with E-state index < -0.39 is 10.0 Å². The molecule has 7 heteroatoms. The number of carbonyl (C=O) groups is 1. The van der Waals surface area contributed by atoms with E-state index in [0.29, 0.717) is 18.3 Å². The van der Waals surface area contributed by atoms with Crippen molar-refractivity contribution in [3.05, 3.63) is 30.1 Å². The van der Waals surface area contributed by atoms with Crippen LogP contribution in [0.15, 0.2) is 24.4 Å². The predicted octanol–water partition coefficient (Wildman–Crippen LogP) is 1.14. The highest BCUT2D eigenvalue weighted by Crippen LogP contribution is 2.40. The Balaban J connectivity index is 1.59. The molecule has 0 N–H and O–H groups in total. The van der Waals surface area contributed by atoms with Crippen molar-refractivity contribution in [1.82, 2.24) is 14.2 Å². The maximum Gasteiger partial charge on any atom is 0.228 e. The molecule has 2 fully saturated rings. The van der Waals surface area contributed by atoms with Crippen LogP contribution in [0.3, 0.4) is 0 Å². The van der Waals surface area contributed by atoms with E-state index in [2.05, 4.69) is 4.98 Å². The van der Waals surface area contributed by atoms with Crippen molar-refractivity contribution in [1.29, 1.82) is 0 Å². The predicted molar refractivity (Wildman–Crippen MR) is 91.7 cm³/mol. The van der Waals surface area contributed by atoms with Crippen LogP contribution in [0.1, 0.15) is 25.0 Å². The molecule has 3 rings (SSSR count). The highest BCUT2D eigenvalue weighted by Gasteiger charge is 2.41. The number of nitrogens with zero attached hydrogens (tertiary/aromatic N) is 3. The van der Waals surface area contributed by atoms with Gasteiger partial charge in [-0.1, -0.05) is 6.07 Å². The molecule has 0 radical (unpaired) electrons. The average Bonchev–Trinajstić information content (AvgIpc) is 2.97. The largest absolute Gasteiger partial charge is 0.342 e. The molecule has 1 saturated heterocycles. The fraction of sp³-hybridized carbons (Fsp3) is 0.647. The van der Waals surface area contributed by atoms with Crippen LogP contribution in [0.25, 0.3) is 0 Å². The number of pyridine rings is 1. The second kappa shape index (κ2) is 6.80. The second-order valence-corrected chi connectivity index (χ2v) is 9.09. The molecule has 6 nitrogen and oxygen atoms in total. The molecular weight excluding hydrogens is 326 g/mol. The van der Waals surface area contributed by atoms with E-state index in [1.807, 2.05) is 23.1 Å². The van der Waals surface area contributed by atoms with E-state index in [1.165, 1.54) is 10.6 Å². The molecule has 24 heavy (non-hydrogen) atoms. The molecule has 0 unspecified atom stereocenters. The molecule has 3 atom stereocenters. The van der Waals surface area contributed by atoms with Crippen LogP contribution in [0.4, 0.5) is 0 Å². The van der Waals surface area contributed by atoms with Crippen LogP contribution >= 0.6 is 0 Å². The van der Waals surface area contributed by atoms with Gasteiger partial charge in [-0.05, 0) is 43.2 Å². The summed E-state index contributed by atoms with van der Waals surface area (Å²) in [5, 5.41) is 0. The third kappa shape index (κ3) is 3.78. The van der Waals surface area contributed by atoms with Gasteiger partial charge >= 0.3 is 0 Å². The Morgan fingerprint density at radius 3 is 2.75 bits per heavy atom. The normalized spacial score (nSPS) is 27.3. The lowest BCUT2D eigenvalue weighted by molar-refractivity contribution is -0.132. The van der Waals surface area contributed by atoms with Crippen molar-refractivity contribution in [2.45, 2.75) is 31.7 Å². The summed E-state index contributed by atoms with van der Waals surface area (Å²) in [6.45, 7) is 1.51. The maximum absolute atomic E-state index is 12.5. The Kier molecular flexibility index (Phi) is 4.92. The number of likely N-dealkylation sites (tertiary alicyclic amines) is 1. The smallest absolute Gasteiger partial charge is 0.228 e. The number of aromatic nitrogens is 1. The monoisotopic (exact) mass is 351 g/mol. The van der Waals surface area contributed by atoms with Crippen LogP contribution in [0.2, 0.25) is 0 Å². The van der Waals surface area contributed by atoms with Gasteiger partial charge in [0, 0.05) is 38.1 Å². The molecular formula is C17H25N3O3S. The first-order valence-electron chi connectivity index (χ1n) is 8.45. The minimum Gasteiger partial charge on any atom is -0.342 e. The van der Waals surface area contributed by atoms with Crippen LogP contribution in [0.5, 0.6) is 0 Å². The second-order valence-electron chi connectivity index (χ2n) is 7.05. The van der Waals surface area contributed by atoms with E-state index in [4.69, 9.17) is 0 Å². The Labute approximate surface area is 143 Å². The van der Waals surface area contributed by atoms with Crippen LogP contribution in [-0.2, 0) is 21.2 Å². The maximum atomic E-state index is 12.5. The molecule has 1 amide bonds. The number of carbonyl (C=O) groups excluding carboxylic acids is 1. The SMILES string of the molecule is CN([C@H]1C[C@H]2CCN(C(=O)Cc3ccccn3)C[C@H]2C1)S(C)(=O)=O. The third-order valence-corrected chi connectivity index (χ3v) is 6.83. The van der Waals surface area contributed by atoms with E-state index >= 15 is 0 Å². The molecule has 1 aliphatic heterocycles. The summed E-state index contributed by atoms with van der Waals surface area (Å²) in [7, 11) is -1.49. The van der Waals surface area contributed by atoms with Gasteiger partial charge in [0.05, 0.1) is 12.7 Å². The number of rotatable bonds is 4. The summed E-state index contributed by atoms with van der Waals surface area (Å²) in [6, 6.07) is 5.68. The Morgan fingerprint density at radius 2 is 2.08 bits per heavy atom. The first-order chi connectivity index (χ1) is 11.3. The Morgan fingerprint density at radius 1 is 1.33 bits per heavy atom. The molecule has 0 bridgehead atoms. The summed E-state index contributed by atoms with van der Waals surface area (Å²) in [4.78, 5) is 18.7. The number of sulfonamides is 1. The molecule has 2 heterocycles. The van der Waals surface area contributed by atoms with Crippen molar-refractivity contribution >= 4 is 15.9 Å². The lowest BCUT2D eigenvalue weighted by atomic mass is 9.88. The van der Waals surface area contributed by atoms with Gasteiger partial charge in [-0.25, -0.2) is 12.7 Å². The lowest BCUT2D eigenvalue weighted by Crippen LogP contribution is -2.43. The summed E-state index contributed by atoms with van der Waals surface area (Å²) in [6.07, 6.45) is 6.03. The van der Waals surface area contributed by atoms with Crippen molar-refractivity contribution in [2.75, 3.05) is 26.4 Å². The van der Waals surface area contributed by atoms with E-state index in [0.717, 1.165) is 38.0 Å². The van der Waals surface area contributed by atoms with Crippen LogP contribution < -0.4 is 0 Å². The average molecular weight is 351 g/mol. The minimum atomic E-state index is -3.16. The quantitative estimate of drug-likeness (QED) is 0.816. The van der Waals surface area contributed by atoms with Gasteiger partial charge in [-0.3, -0.25) is 9.78 Å². The highest BCUT2D eigenvalue weighted by atomic mass is 32.2. The Hall–Kier alpha value is -1.47. The topological polar surface area (TPSA) is 70.6 Å². The van der Waals surface area contributed by atoms with Gasteiger partial charge in [0.15, 0.2) is 0 Å². The summed E-state index contributed by atoms with van der Waals surface area (Å²) in [5.41, 5.74) is 0.797.